The molecule has 0 aromatic carbocycles. The minimum Gasteiger partial charge on any atom is -0.481 e. The Bertz CT molecular complexity index is 496. The van der Waals surface area contributed by atoms with Crippen molar-refractivity contribution in [2.24, 2.45) is 0 Å². The largest absolute Gasteiger partial charge is 0.481 e. The molecule has 1 saturated heterocycles. The zero-order chi connectivity index (χ0) is 15.2. The fraction of sp³-hybridized carbons (Fsp3) is 0.692. The minimum atomic E-state index is -0.917. The fourth-order valence-electron chi connectivity index (χ4n) is 2.42. The van der Waals surface area contributed by atoms with Crippen molar-refractivity contribution in [2.75, 3.05) is 26.2 Å². The highest BCUT2D eigenvalue weighted by molar-refractivity contribution is 5.92. The maximum atomic E-state index is 12.3. The minimum absolute atomic E-state index is 0.0674. The number of aliphatic carboxylic acids is 1. The number of hydrogen-bond donors (Lipinski definition) is 2. The van der Waals surface area contributed by atoms with Gasteiger partial charge in [0, 0.05) is 13.1 Å². The first-order chi connectivity index (χ1) is 10.1. The fourth-order valence-corrected chi connectivity index (χ4v) is 2.42. The number of carbonyl (C=O) groups is 2. The first-order valence-corrected chi connectivity index (χ1v) is 7.25. The van der Waals surface area contributed by atoms with E-state index < -0.39 is 5.97 Å². The zero-order valence-electron chi connectivity index (χ0n) is 12.2. The monoisotopic (exact) mass is 295 g/mol. The van der Waals surface area contributed by atoms with Gasteiger partial charge >= 0.3 is 5.97 Å². The number of carbonyl (C=O) groups excluding carboxylic acids is 1. The molecule has 2 heterocycles. The van der Waals surface area contributed by atoms with Crippen LogP contribution in [0.4, 0.5) is 0 Å². The molecule has 2 N–H and O–H groups in total. The number of nitrogens with zero attached hydrogens (tertiary/aromatic N) is 4. The van der Waals surface area contributed by atoms with E-state index in [0.29, 0.717) is 6.54 Å². The molecule has 116 valence electrons. The van der Waals surface area contributed by atoms with E-state index in [4.69, 9.17) is 5.11 Å². The average molecular weight is 295 g/mol. The molecular formula is C13H21N5O3. The molecule has 1 aromatic rings. The van der Waals surface area contributed by atoms with Crippen molar-refractivity contribution in [1.29, 1.82) is 0 Å². The molecule has 0 spiro atoms. The summed E-state index contributed by atoms with van der Waals surface area (Å²) in [5.41, 5.74) is 0.278. The van der Waals surface area contributed by atoms with Crippen LogP contribution in [-0.2, 0) is 4.79 Å². The standard InChI is InChI=1S/C13H21N5O3/c1-2-17(8-5-12(19)20)13(21)11-9-18(16-15-11)10-3-6-14-7-4-10/h9-10,14H,2-8H2,1H3,(H,19,20). The van der Waals surface area contributed by atoms with E-state index >= 15 is 0 Å². The van der Waals surface area contributed by atoms with Crippen LogP contribution in [-0.4, -0.2) is 63.1 Å². The Balaban J connectivity index is 2.01. The summed E-state index contributed by atoms with van der Waals surface area (Å²) in [7, 11) is 0. The molecule has 0 aliphatic carbocycles. The van der Waals surface area contributed by atoms with Gasteiger partial charge in [-0.05, 0) is 32.9 Å². The van der Waals surface area contributed by atoms with Crippen LogP contribution >= 0.6 is 0 Å². The van der Waals surface area contributed by atoms with E-state index in [1.165, 1.54) is 4.90 Å². The second-order valence-electron chi connectivity index (χ2n) is 5.09. The highest BCUT2D eigenvalue weighted by Gasteiger charge is 2.21. The van der Waals surface area contributed by atoms with Crippen molar-refractivity contribution in [1.82, 2.24) is 25.2 Å². The molecule has 8 nitrogen and oxygen atoms in total. The van der Waals surface area contributed by atoms with E-state index in [9.17, 15) is 9.59 Å². The van der Waals surface area contributed by atoms with Crippen LogP contribution in [0.5, 0.6) is 0 Å². The van der Waals surface area contributed by atoms with Crippen LogP contribution in [0.25, 0.3) is 0 Å². The lowest BCUT2D eigenvalue weighted by molar-refractivity contribution is -0.137. The lowest BCUT2D eigenvalue weighted by Crippen LogP contribution is -2.33. The molecule has 1 aromatic heterocycles. The Labute approximate surface area is 123 Å². The van der Waals surface area contributed by atoms with Gasteiger partial charge in [-0.25, -0.2) is 4.68 Å². The Morgan fingerprint density at radius 2 is 2.19 bits per heavy atom. The molecule has 1 fully saturated rings. The van der Waals surface area contributed by atoms with Gasteiger partial charge in [0.05, 0.1) is 18.7 Å². The highest BCUT2D eigenvalue weighted by atomic mass is 16.4. The van der Waals surface area contributed by atoms with E-state index in [-0.39, 0.29) is 30.6 Å². The van der Waals surface area contributed by atoms with Crippen molar-refractivity contribution in [3.63, 3.8) is 0 Å². The van der Waals surface area contributed by atoms with Crippen LogP contribution in [0.15, 0.2) is 6.20 Å². The highest BCUT2D eigenvalue weighted by Crippen LogP contribution is 2.17. The van der Waals surface area contributed by atoms with Crippen molar-refractivity contribution in [3.05, 3.63) is 11.9 Å². The van der Waals surface area contributed by atoms with Crippen molar-refractivity contribution < 1.29 is 14.7 Å². The normalized spacial score (nSPS) is 15.9. The third-order valence-electron chi connectivity index (χ3n) is 3.68. The molecular weight excluding hydrogens is 274 g/mol. The van der Waals surface area contributed by atoms with Crippen LogP contribution < -0.4 is 5.32 Å². The van der Waals surface area contributed by atoms with Gasteiger partial charge in [0.25, 0.3) is 5.91 Å². The van der Waals surface area contributed by atoms with Crippen LogP contribution in [0, 0.1) is 0 Å². The van der Waals surface area contributed by atoms with Gasteiger partial charge in [-0.2, -0.15) is 0 Å². The maximum Gasteiger partial charge on any atom is 0.305 e. The molecule has 0 unspecified atom stereocenters. The quantitative estimate of drug-likeness (QED) is 0.774. The Morgan fingerprint density at radius 3 is 2.81 bits per heavy atom. The number of aromatic nitrogens is 3. The summed E-state index contributed by atoms with van der Waals surface area (Å²) in [6.07, 6.45) is 3.53. The van der Waals surface area contributed by atoms with Gasteiger partial charge in [0.1, 0.15) is 0 Å². The Kier molecular flexibility index (Phi) is 5.26. The average Bonchev–Trinajstić information content (AvgIpc) is 2.98. The Hall–Kier alpha value is -1.96. The molecule has 8 heteroatoms. The second-order valence-corrected chi connectivity index (χ2v) is 5.09. The van der Waals surface area contributed by atoms with Crippen molar-refractivity contribution in [2.45, 2.75) is 32.2 Å². The number of piperidine rings is 1. The molecule has 0 atom stereocenters. The smallest absolute Gasteiger partial charge is 0.305 e. The van der Waals surface area contributed by atoms with Gasteiger partial charge in [-0.3, -0.25) is 9.59 Å². The molecule has 1 amide bonds. The third-order valence-corrected chi connectivity index (χ3v) is 3.68. The topological polar surface area (TPSA) is 100 Å². The molecule has 21 heavy (non-hydrogen) atoms. The van der Waals surface area contributed by atoms with Gasteiger partial charge in [-0.1, -0.05) is 5.21 Å². The van der Waals surface area contributed by atoms with Crippen LogP contribution in [0.2, 0.25) is 0 Å². The number of carboxylic acids is 1. The summed E-state index contributed by atoms with van der Waals surface area (Å²) in [5, 5.41) is 20.0. The summed E-state index contributed by atoms with van der Waals surface area (Å²) >= 11 is 0. The van der Waals surface area contributed by atoms with E-state index in [1.54, 1.807) is 10.9 Å². The maximum absolute atomic E-state index is 12.3. The summed E-state index contributed by atoms with van der Waals surface area (Å²) < 4.78 is 1.75. The summed E-state index contributed by atoms with van der Waals surface area (Å²) in [6, 6.07) is 0.273. The summed E-state index contributed by atoms with van der Waals surface area (Å²) in [6.45, 7) is 4.33. The number of nitrogens with one attached hydrogen (secondary N) is 1. The zero-order valence-corrected chi connectivity index (χ0v) is 12.2. The van der Waals surface area contributed by atoms with Gasteiger partial charge in [-0.15, -0.1) is 5.10 Å². The van der Waals surface area contributed by atoms with Crippen LogP contribution in [0.1, 0.15) is 42.7 Å². The summed E-state index contributed by atoms with van der Waals surface area (Å²) in [4.78, 5) is 24.4. The second kappa shape index (κ2) is 7.16. The SMILES string of the molecule is CCN(CCC(=O)O)C(=O)c1cn(C2CCNCC2)nn1. The van der Waals surface area contributed by atoms with Crippen molar-refractivity contribution in [3.8, 4) is 0 Å². The first-order valence-electron chi connectivity index (χ1n) is 7.25. The number of hydrogen-bond acceptors (Lipinski definition) is 5. The number of amides is 1. The molecule has 1 aliphatic heterocycles. The molecule has 1 aliphatic rings. The third kappa shape index (κ3) is 4.01. The van der Waals surface area contributed by atoms with E-state index in [0.717, 1.165) is 25.9 Å². The predicted octanol–water partition coefficient (Wildman–Crippen LogP) is 0.139. The predicted molar refractivity (Wildman–Crippen MR) is 75.0 cm³/mol. The summed E-state index contributed by atoms with van der Waals surface area (Å²) in [5.74, 6) is -1.18. The molecule has 0 saturated carbocycles. The van der Waals surface area contributed by atoms with E-state index in [1.807, 2.05) is 6.92 Å². The van der Waals surface area contributed by atoms with E-state index in [2.05, 4.69) is 15.6 Å². The molecule has 0 bridgehead atoms. The first kappa shape index (κ1) is 15.4. The number of carboxylic acid groups (broad SMARTS) is 1. The van der Waals surface area contributed by atoms with Gasteiger partial charge in [0.15, 0.2) is 5.69 Å². The number of rotatable bonds is 6. The van der Waals surface area contributed by atoms with Gasteiger partial charge in [0.2, 0.25) is 0 Å². The molecule has 0 radical (unpaired) electrons. The van der Waals surface area contributed by atoms with Gasteiger partial charge < -0.3 is 15.3 Å². The lowest BCUT2D eigenvalue weighted by atomic mass is 10.1. The lowest BCUT2D eigenvalue weighted by Gasteiger charge is -2.22. The molecule has 2 rings (SSSR count). The van der Waals surface area contributed by atoms with Crippen molar-refractivity contribution >= 4 is 11.9 Å². The Morgan fingerprint density at radius 1 is 1.48 bits per heavy atom. The van der Waals surface area contributed by atoms with Crippen LogP contribution in [0.3, 0.4) is 0 Å².